The number of rotatable bonds is 3. The maximum Gasteiger partial charge on any atom is 0.410 e. The quantitative estimate of drug-likeness (QED) is 0.834. The summed E-state index contributed by atoms with van der Waals surface area (Å²) in [7, 11) is 1.32. The van der Waals surface area contributed by atoms with Gasteiger partial charge in [-0.25, -0.2) is 9.59 Å². The van der Waals surface area contributed by atoms with Gasteiger partial charge in [-0.15, -0.1) is 0 Å². The maximum atomic E-state index is 12.4. The summed E-state index contributed by atoms with van der Waals surface area (Å²) in [6, 6.07) is -0.432. The van der Waals surface area contributed by atoms with Gasteiger partial charge < -0.3 is 19.7 Å². The fraction of sp³-hybridized carbons (Fsp3) is 0.800. The van der Waals surface area contributed by atoms with Crippen molar-refractivity contribution in [2.75, 3.05) is 33.4 Å². The highest BCUT2D eigenvalue weighted by atomic mass is 16.6. The molecule has 2 rings (SSSR count). The van der Waals surface area contributed by atoms with E-state index < -0.39 is 12.1 Å². The molecule has 130 valence electrons. The largest absolute Gasteiger partial charge is 0.453 e. The van der Waals surface area contributed by atoms with Crippen molar-refractivity contribution >= 4 is 18.1 Å². The van der Waals surface area contributed by atoms with Crippen LogP contribution in [0.15, 0.2) is 0 Å². The molecule has 23 heavy (non-hydrogen) atoms. The van der Waals surface area contributed by atoms with Gasteiger partial charge in [0, 0.05) is 25.7 Å². The van der Waals surface area contributed by atoms with Gasteiger partial charge in [-0.2, -0.15) is 0 Å². The zero-order valence-electron chi connectivity index (χ0n) is 13.7. The first-order valence-corrected chi connectivity index (χ1v) is 8.13. The first-order valence-electron chi connectivity index (χ1n) is 8.13. The van der Waals surface area contributed by atoms with Crippen LogP contribution in [0.2, 0.25) is 0 Å². The van der Waals surface area contributed by atoms with Crippen molar-refractivity contribution in [2.24, 2.45) is 0 Å². The van der Waals surface area contributed by atoms with Crippen molar-refractivity contribution < 1.29 is 23.9 Å². The monoisotopic (exact) mass is 327 g/mol. The van der Waals surface area contributed by atoms with E-state index in [0.717, 1.165) is 6.42 Å². The van der Waals surface area contributed by atoms with Gasteiger partial charge >= 0.3 is 12.2 Å². The Bertz CT molecular complexity index is 448. The summed E-state index contributed by atoms with van der Waals surface area (Å²) in [4.78, 5) is 38.8. The molecule has 1 atom stereocenters. The summed E-state index contributed by atoms with van der Waals surface area (Å²) >= 11 is 0. The van der Waals surface area contributed by atoms with Gasteiger partial charge in [0.05, 0.1) is 13.7 Å². The number of piperidine rings is 1. The van der Waals surface area contributed by atoms with Crippen molar-refractivity contribution in [1.29, 1.82) is 0 Å². The fourth-order valence-corrected chi connectivity index (χ4v) is 3.09. The predicted molar refractivity (Wildman–Crippen MR) is 81.9 cm³/mol. The third kappa shape index (κ3) is 4.27. The molecule has 1 N–H and O–H groups in total. The molecule has 0 aliphatic carbocycles. The Kier molecular flexibility index (Phi) is 6.06. The van der Waals surface area contributed by atoms with Gasteiger partial charge in [0.15, 0.2) is 0 Å². The summed E-state index contributed by atoms with van der Waals surface area (Å²) < 4.78 is 9.69. The lowest BCUT2D eigenvalue weighted by atomic mass is 10.0. The van der Waals surface area contributed by atoms with Crippen LogP contribution < -0.4 is 5.32 Å². The van der Waals surface area contributed by atoms with Crippen molar-refractivity contribution in [1.82, 2.24) is 15.1 Å². The molecule has 8 heteroatoms. The molecule has 2 fully saturated rings. The molecule has 0 aromatic rings. The van der Waals surface area contributed by atoms with Gasteiger partial charge in [0.1, 0.15) is 6.04 Å². The Hall–Kier alpha value is -1.99. The molecule has 0 radical (unpaired) electrons. The Balaban J connectivity index is 1.80. The van der Waals surface area contributed by atoms with Gasteiger partial charge in [0.2, 0.25) is 5.91 Å². The van der Waals surface area contributed by atoms with Crippen LogP contribution in [0.1, 0.15) is 32.6 Å². The van der Waals surface area contributed by atoms with Gasteiger partial charge in [0.25, 0.3) is 0 Å². The van der Waals surface area contributed by atoms with E-state index in [1.165, 1.54) is 12.0 Å². The van der Waals surface area contributed by atoms with Crippen LogP contribution in [-0.4, -0.2) is 73.3 Å². The maximum absolute atomic E-state index is 12.4. The van der Waals surface area contributed by atoms with Crippen LogP contribution in [-0.2, 0) is 14.3 Å². The minimum atomic E-state index is -0.459. The lowest BCUT2D eigenvalue weighted by Crippen LogP contribution is -2.52. The first kappa shape index (κ1) is 17.4. The average Bonchev–Trinajstić information content (AvgIpc) is 3.04. The van der Waals surface area contributed by atoms with Crippen molar-refractivity contribution in [3.8, 4) is 0 Å². The molecule has 0 aromatic carbocycles. The molecule has 1 unspecified atom stereocenters. The molecule has 0 saturated carbocycles. The minimum absolute atomic E-state index is 0.0215. The Morgan fingerprint density at radius 3 is 2.39 bits per heavy atom. The van der Waals surface area contributed by atoms with Crippen molar-refractivity contribution in [3.63, 3.8) is 0 Å². The molecule has 2 saturated heterocycles. The minimum Gasteiger partial charge on any atom is -0.453 e. The number of ether oxygens (including phenoxy) is 2. The second kappa shape index (κ2) is 8.03. The van der Waals surface area contributed by atoms with Crippen LogP contribution in [0, 0.1) is 0 Å². The number of nitrogens with zero attached hydrogens (tertiary/aromatic N) is 2. The third-order valence-electron chi connectivity index (χ3n) is 4.33. The second-order valence-electron chi connectivity index (χ2n) is 5.79. The van der Waals surface area contributed by atoms with Crippen LogP contribution in [0.4, 0.5) is 9.59 Å². The van der Waals surface area contributed by atoms with E-state index in [0.29, 0.717) is 45.5 Å². The molecule has 2 aliphatic rings. The summed E-state index contributed by atoms with van der Waals surface area (Å²) in [5.74, 6) is -0.137. The average molecular weight is 327 g/mol. The SMILES string of the molecule is CCOC(=O)N1CCC(NC(=O)C2CCCN2C(=O)OC)CC1. The predicted octanol–water partition coefficient (Wildman–Crippen LogP) is 0.954. The van der Waals surface area contributed by atoms with E-state index in [1.54, 1.807) is 11.8 Å². The lowest BCUT2D eigenvalue weighted by molar-refractivity contribution is -0.126. The Labute approximate surface area is 136 Å². The number of nitrogens with one attached hydrogen (secondary N) is 1. The summed E-state index contributed by atoms with van der Waals surface area (Å²) in [5, 5.41) is 2.99. The summed E-state index contributed by atoms with van der Waals surface area (Å²) in [5.41, 5.74) is 0. The van der Waals surface area contributed by atoms with E-state index in [2.05, 4.69) is 5.32 Å². The zero-order valence-corrected chi connectivity index (χ0v) is 13.7. The summed E-state index contributed by atoms with van der Waals surface area (Å²) in [6.07, 6.45) is 2.08. The summed E-state index contributed by atoms with van der Waals surface area (Å²) in [6.45, 7) is 3.82. The van der Waals surface area contributed by atoms with Gasteiger partial charge in [-0.05, 0) is 32.6 Å². The molecule has 0 spiro atoms. The van der Waals surface area contributed by atoms with Gasteiger partial charge in [-0.3, -0.25) is 9.69 Å². The number of carbonyl (C=O) groups excluding carboxylic acids is 3. The molecule has 2 aliphatic heterocycles. The third-order valence-corrected chi connectivity index (χ3v) is 4.33. The van der Waals surface area contributed by atoms with Crippen LogP contribution in [0.25, 0.3) is 0 Å². The molecular formula is C15H25N3O5. The number of hydrogen-bond donors (Lipinski definition) is 1. The molecular weight excluding hydrogens is 302 g/mol. The fourth-order valence-electron chi connectivity index (χ4n) is 3.09. The van der Waals surface area contributed by atoms with Crippen LogP contribution in [0.5, 0.6) is 0 Å². The standard InChI is InChI=1S/C15H25N3O5/c1-3-23-14(20)17-9-6-11(7-10-17)16-13(19)12-5-4-8-18(12)15(21)22-2/h11-12H,3-10H2,1-2H3,(H,16,19). The number of methoxy groups -OCH3 is 1. The highest BCUT2D eigenvalue weighted by Gasteiger charge is 2.36. The zero-order chi connectivity index (χ0) is 16.8. The molecule has 3 amide bonds. The first-order chi connectivity index (χ1) is 11.1. The number of hydrogen-bond acceptors (Lipinski definition) is 5. The van der Waals surface area contributed by atoms with E-state index in [4.69, 9.17) is 9.47 Å². The van der Waals surface area contributed by atoms with Crippen LogP contribution in [0.3, 0.4) is 0 Å². The molecule has 2 heterocycles. The highest BCUT2D eigenvalue weighted by molar-refractivity contribution is 5.86. The van der Waals surface area contributed by atoms with Gasteiger partial charge in [-0.1, -0.05) is 0 Å². The van der Waals surface area contributed by atoms with E-state index >= 15 is 0 Å². The number of carbonyl (C=O) groups is 3. The van der Waals surface area contributed by atoms with E-state index in [1.807, 2.05) is 0 Å². The Morgan fingerprint density at radius 2 is 1.78 bits per heavy atom. The molecule has 0 bridgehead atoms. The topological polar surface area (TPSA) is 88.2 Å². The number of likely N-dealkylation sites (tertiary alicyclic amines) is 2. The highest BCUT2D eigenvalue weighted by Crippen LogP contribution is 2.19. The second-order valence-corrected chi connectivity index (χ2v) is 5.79. The number of amides is 3. The van der Waals surface area contributed by atoms with Crippen molar-refractivity contribution in [2.45, 2.75) is 44.7 Å². The lowest BCUT2D eigenvalue weighted by Gasteiger charge is -2.32. The van der Waals surface area contributed by atoms with Crippen molar-refractivity contribution in [3.05, 3.63) is 0 Å². The normalized spacial score (nSPS) is 21.9. The van der Waals surface area contributed by atoms with Crippen LogP contribution >= 0.6 is 0 Å². The smallest absolute Gasteiger partial charge is 0.410 e. The van der Waals surface area contributed by atoms with E-state index in [9.17, 15) is 14.4 Å². The van der Waals surface area contributed by atoms with E-state index in [-0.39, 0.29) is 18.0 Å². The molecule has 0 aromatic heterocycles. The Morgan fingerprint density at radius 1 is 1.09 bits per heavy atom. The molecule has 8 nitrogen and oxygen atoms in total.